The molecule has 2 heteroatoms. The fraction of sp³-hybridized carbons (Fsp3) is 0.368. The molecule has 0 aliphatic rings. The lowest BCUT2D eigenvalue weighted by atomic mass is 10.0. The minimum absolute atomic E-state index is 0.0342. The molecule has 0 aliphatic heterocycles. The molecule has 0 aromatic heterocycles. The first-order chi connectivity index (χ1) is 10.1. The van der Waals surface area contributed by atoms with E-state index in [1.165, 1.54) is 28.8 Å². The van der Waals surface area contributed by atoms with Crippen LogP contribution in [0.2, 0.25) is 0 Å². The summed E-state index contributed by atoms with van der Waals surface area (Å²) in [4.78, 5) is 2.21. The highest BCUT2D eigenvalue weighted by molar-refractivity contribution is 5.47. The van der Waals surface area contributed by atoms with Gasteiger partial charge in [0.25, 0.3) is 0 Å². The maximum atomic E-state index is 6.35. The van der Waals surface area contributed by atoms with Crippen molar-refractivity contribution >= 4 is 5.69 Å². The lowest BCUT2D eigenvalue weighted by Gasteiger charge is -2.24. The summed E-state index contributed by atoms with van der Waals surface area (Å²) in [5, 5.41) is 0. The van der Waals surface area contributed by atoms with Gasteiger partial charge < -0.3 is 10.6 Å². The van der Waals surface area contributed by atoms with E-state index in [1.54, 1.807) is 0 Å². The molecule has 0 bridgehead atoms. The Morgan fingerprint density at radius 2 is 1.62 bits per heavy atom. The summed E-state index contributed by atoms with van der Waals surface area (Å²) < 4.78 is 0. The lowest BCUT2D eigenvalue weighted by molar-refractivity contribution is 0.703. The molecule has 0 fully saturated rings. The fourth-order valence-electron chi connectivity index (χ4n) is 2.53. The number of hydrogen-bond acceptors (Lipinski definition) is 2. The summed E-state index contributed by atoms with van der Waals surface area (Å²) in [6.45, 7) is 5.12. The van der Waals surface area contributed by atoms with Crippen molar-refractivity contribution in [1.29, 1.82) is 0 Å². The van der Waals surface area contributed by atoms with Gasteiger partial charge in [-0.2, -0.15) is 0 Å². The standard InChI is InChI=1S/C19H26N2/c1-4-5-16-8-10-17(11-9-16)19(20)14-21(3)18-12-6-15(2)7-13-18/h6-13,19H,4-5,14,20H2,1-3H3. The van der Waals surface area contributed by atoms with Crippen molar-refractivity contribution in [3.8, 4) is 0 Å². The molecule has 2 N–H and O–H groups in total. The van der Waals surface area contributed by atoms with Crippen LogP contribution in [0.25, 0.3) is 0 Å². The number of hydrogen-bond donors (Lipinski definition) is 1. The van der Waals surface area contributed by atoms with E-state index < -0.39 is 0 Å². The van der Waals surface area contributed by atoms with E-state index in [0.717, 1.165) is 13.0 Å². The van der Waals surface area contributed by atoms with Crippen LogP contribution in [0.5, 0.6) is 0 Å². The molecule has 0 amide bonds. The first kappa shape index (κ1) is 15.6. The number of likely N-dealkylation sites (N-methyl/N-ethyl adjacent to an activating group) is 1. The zero-order valence-corrected chi connectivity index (χ0v) is 13.3. The van der Waals surface area contributed by atoms with Gasteiger partial charge in [-0.15, -0.1) is 0 Å². The molecule has 112 valence electrons. The van der Waals surface area contributed by atoms with Gasteiger partial charge in [0.05, 0.1) is 0 Å². The zero-order chi connectivity index (χ0) is 15.2. The van der Waals surface area contributed by atoms with Crippen LogP contribution in [0.15, 0.2) is 48.5 Å². The number of nitrogens with zero attached hydrogens (tertiary/aromatic N) is 1. The van der Waals surface area contributed by atoms with Gasteiger partial charge in [-0.3, -0.25) is 0 Å². The quantitative estimate of drug-likeness (QED) is 0.865. The molecular weight excluding hydrogens is 256 g/mol. The van der Waals surface area contributed by atoms with Crippen LogP contribution < -0.4 is 10.6 Å². The Balaban J connectivity index is 1.99. The summed E-state index contributed by atoms with van der Waals surface area (Å²) in [5.74, 6) is 0. The predicted molar refractivity (Wildman–Crippen MR) is 91.8 cm³/mol. The van der Waals surface area contributed by atoms with Crippen LogP contribution in [0.1, 0.15) is 36.1 Å². The van der Waals surface area contributed by atoms with E-state index in [4.69, 9.17) is 5.73 Å². The van der Waals surface area contributed by atoms with Crippen LogP contribution in [-0.2, 0) is 6.42 Å². The highest BCUT2D eigenvalue weighted by atomic mass is 15.1. The molecule has 0 heterocycles. The SMILES string of the molecule is CCCc1ccc(C(N)CN(C)c2ccc(C)cc2)cc1. The molecule has 1 unspecified atom stereocenters. The maximum absolute atomic E-state index is 6.35. The monoisotopic (exact) mass is 282 g/mol. The molecule has 0 aliphatic carbocycles. The topological polar surface area (TPSA) is 29.3 Å². The van der Waals surface area contributed by atoms with E-state index in [-0.39, 0.29) is 6.04 Å². The molecule has 0 saturated heterocycles. The molecule has 2 aromatic carbocycles. The number of anilines is 1. The summed E-state index contributed by atoms with van der Waals surface area (Å²) in [6, 6.07) is 17.3. The molecule has 0 radical (unpaired) electrons. The molecule has 0 saturated carbocycles. The Labute approximate surface area is 128 Å². The molecule has 1 atom stereocenters. The molecule has 0 spiro atoms. The predicted octanol–water partition coefficient (Wildman–Crippen LogP) is 4.08. The van der Waals surface area contributed by atoms with Crippen molar-refractivity contribution in [3.05, 3.63) is 65.2 Å². The fourth-order valence-corrected chi connectivity index (χ4v) is 2.53. The molecule has 2 rings (SSSR count). The van der Waals surface area contributed by atoms with Crippen molar-refractivity contribution < 1.29 is 0 Å². The molecule has 2 aromatic rings. The average Bonchev–Trinajstić information content (AvgIpc) is 2.49. The van der Waals surface area contributed by atoms with Crippen LogP contribution in [0, 0.1) is 6.92 Å². The largest absolute Gasteiger partial charge is 0.373 e. The number of rotatable bonds is 6. The van der Waals surface area contributed by atoms with Crippen LogP contribution in [0.4, 0.5) is 5.69 Å². The van der Waals surface area contributed by atoms with Gasteiger partial charge in [0.2, 0.25) is 0 Å². The Morgan fingerprint density at radius 3 is 2.19 bits per heavy atom. The van der Waals surface area contributed by atoms with Gasteiger partial charge in [0.1, 0.15) is 0 Å². The zero-order valence-electron chi connectivity index (χ0n) is 13.3. The normalized spacial score (nSPS) is 12.2. The van der Waals surface area contributed by atoms with E-state index in [0.29, 0.717) is 0 Å². The van der Waals surface area contributed by atoms with Gasteiger partial charge in [0.15, 0.2) is 0 Å². The van der Waals surface area contributed by atoms with Gasteiger partial charge >= 0.3 is 0 Å². The van der Waals surface area contributed by atoms with E-state index in [9.17, 15) is 0 Å². The third kappa shape index (κ3) is 4.33. The summed E-state index contributed by atoms with van der Waals surface area (Å²) in [6.07, 6.45) is 2.32. The lowest BCUT2D eigenvalue weighted by Crippen LogP contribution is -2.28. The second kappa shape index (κ2) is 7.28. The molecular formula is C19H26N2. The minimum Gasteiger partial charge on any atom is -0.373 e. The second-order valence-corrected chi connectivity index (χ2v) is 5.81. The minimum atomic E-state index is 0.0342. The first-order valence-electron chi connectivity index (χ1n) is 7.72. The number of aryl methyl sites for hydroxylation is 2. The highest BCUT2D eigenvalue weighted by Gasteiger charge is 2.10. The summed E-state index contributed by atoms with van der Waals surface area (Å²) in [5.41, 5.74) is 11.4. The summed E-state index contributed by atoms with van der Waals surface area (Å²) >= 11 is 0. The van der Waals surface area contributed by atoms with Crippen LogP contribution in [0.3, 0.4) is 0 Å². The third-order valence-corrected chi connectivity index (χ3v) is 3.89. The van der Waals surface area contributed by atoms with Gasteiger partial charge in [-0.1, -0.05) is 55.3 Å². The van der Waals surface area contributed by atoms with Crippen molar-refractivity contribution in [2.24, 2.45) is 5.73 Å². The average molecular weight is 282 g/mol. The van der Waals surface area contributed by atoms with Gasteiger partial charge in [0, 0.05) is 25.3 Å². The summed E-state index contributed by atoms with van der Waals surface area (Å²) in [7, 11) is 2.09. The van der Waals surface area contributed by atoms with Crippen LogP contribution in [-0.4, -0.2) is 13.6 Å². The number of nitrogens with two attached hydrogens (primary N) is 1. The van der Waals surface area contributed by atoms with Crippen LogP contribution >= 0.6 is 0 Å². The second-order valence-electron chi connectivity index (χ2n) is 5.81. The number of benzene rings is 2. The molecule has 2 nitrogen and oxygen atoms in total. The van der Waals surface area contributed by atoms with Crippen molar-refractivity contribution in [3.63, 3.8) is 0 Å². The van der Waals surface area contributed by atoms with Gasteiger partial charge in [-0.25, -0.2) is 0 Å². The Hall–Kier alpha value is -1.80. The van der Waals surface area contributed by atoms with Crippen molar-refractivity contribution in [1.82, 2.24) is 0 Å². The molecule has 21 heavy (non-hydrogen) atoms. The van der Waals surface area contributed by atoms with Crippen molar-refractivity contribution in [2.75, 3.05) is 18.5 Å². The van der Waals surface area contributed by atoms with E-state index >= 15 is 0 Å². The maximum Gasteiger partial charge on any atom is 0.0473 e. The Bertz CT molecular complexity index is 543. The van der Waals surface area contributed by atoms with E-state index in [1.807, 2.05) is 0 Å². The third-order valence-electron chi connectivity index (χ3n) is 3.89. The van der Waals surface area contributed by atoms with Gasteiger partial charge in [-0.05, 0) is 36.6 Å². The first-order valence-corrected chi connectivity index (χ1v) is 7.72. The smallest absolute Gasteiger partial charge is 0.0473 e. The highest BCUT2D eigenvalue weighted by Crippen LogP contribution is 2.18. The van der Waals surface area contributed by atoms with Crippen molar-refractivity contribution in [2.45, 2.75) is 32.7 Å². The Kier molecular flexibility index (Phi) is 5.40. The van der Waals surface area contributed by atoms with E-state index in [2.05, 4.69) is 74.3 Å². The Morgan fingerprint density at radius 1 is 1.00 bits per heavy atom.